The number of carboxylic acid groups (broad SMARTS) is 1. The highest BCUT2D eigenvalue weighted by Gasteiger charge is 2.04. The van der Waals surface area contributed by atoms with Gasteiger partial charge in [-0.25, -0.2) is 0 Å². The highest BCUT2D eigenvalue weighted by atomic mass is 16.6. The Morgan fingerprint density at radius 2 is 0.683 bits per heavy atom. The second-order valence-electron chi connectivity index (χ2n) is 8.33. The predicted molar refractivity (Wildman–Crippen MR) is 146 cm³/mol. The molecule has 41 heavy (non-hydrogen) atoms. The fourth-order valence-corrected chi connectivity index (χ4v) is 2.84. The summed E-state index contributed by atoms with van der Waals surface area (Å²) in [4.78, 5) is 21.8. The summed E-state index contributed by atoms with van der Waals surface area (Å²) in [7, 11) is 1.64. The maximum Gasteiger partial charge on any atom is 0.305 e. The van der Waals surface area contributed by atoms with Crippen LogP contribution in [0.4, 0.5) is 0 Å². The molecule has 0 unspecified atom stereocenters. The molecule has 0 heterocycles. The molecule has 0 aromatic rings. The molecule has 0 bridgehead atoms. The van der Waals surface area contributed by atoms with Gasteiger partial charge in [0.25, 0.3) is 0 Å². The zero-order chi connectivity index (χ0) is 29.9. The van der Waals surface area contributed by atoms with Gasteiger partial charge in [-0.15, -0.1) is 0 Å². The highest BCUT2D eigenvalue weighted by Crippen LogP contribution is 2.01. The summed E-state index contributed by atoms with van der Waals surface area (Å²) in [5.41, 5.74) is 0. The normalized spacial score (nSPS) is 11.2. The fourth-order valence-electron chi connectivity index (χ4n) is 2.84. The molecule has 0 amide bonds. The summed E-state index contributed by atoms with van der Waals surface area (Å²) in [6, 6.07) is 0. The third kappa shape index (κ3) is 36.5. The third-order valence-corrected chi connectivity index (χ3v) is 4.92. The van der Waals surface area contributed by atoms with Gasteiger partial charge < -0.3 is 57.2 Å². The van der Waals surface area contributed by atoms with E-state index in [1.807, 2.05) is 0 Å². The maximum absolute atomic E-state index is 11.5. The average Bonchev–Trinajstić information content (AvgIpc) is 2.96. The van der Waals surface area contributed by atoms with E-state index in [2.05, 4.69) is 0 Å². The van der Waals surface area contributed by atoms with Crippen molar-refractivity contribution in [3.05, 3.63) is 0 Å². The predicted octanol–water partition coefficient (Wildman–Crippen LogP) is 0.970. The molecule has 0 aromatic carbocycles. The molecule has 0 aliphatic carbocycles. The lowest BCUT2D eigenvalue weighted by atomic mass is 10.2. The van der Waals surface area contributed by atoms with Crippen LogP contribution < -0.4 is 0 Å². The Hall–Kier alpha value is -1.46. The van der Waals surface area contributed by atoms with Crippen molar-refractivity contribution in [1.29, 1.82) is 0 Å². The topological polar surface area (TPSA) is 156 Å². The quantitative estimate of drug-likeness (QED) is 0.0811. The van der Waals surface area contributed by atoms with Crippen LogP contribution >= 0.6 is 0 Å². The third-order valence-electron chi connectivity index (χ3n) is 4.92. The van der Waals surface area contributed by atoms with Gasteiger partial charge in [-0.1, -0.05) is 0 Å². The van der Waals surface area contributed by atoms with E-state index in [1.165, 1.54) is 0 Å². The van der Waals surface area contributed by atoms with E-state index in [0.29, 0.717) is 132 Å². The summed E-state index contributed by atoms with van der Waals surface area (Å²) < 4.78 is 58.4. The van der Waals surface area contributed by atoms with Gasteiger partial charge in [-0.05, 0) is 12.8 Å². The molecular formula is C27H52O14. The number of methoxy groups -OCH3 is 1. The van der Waals surface area contributed by atoms with E-state index in [4.69, 9.17) is 57.2 Å². The Labute approximate surface area is 244 Å². The number of ether oxygens (including phenoxy) is 11. The molecule has 0 saturated carbocycles. The van der Waals surface area contributed by atoms with Crippen molar-refractivity contribution in [3.63, 3.8) is 0 Å². The van der Waals surface area contributed by atoms with Crippen molar-refractivity contribution in [2.24, 2.45) is 0 Å². The van der Waals surface area contributed by atoms with Crippen molar-refractivity contribution in [1.82, 2.24) is 0 Å². The lowest BCUT2D eigenvalue weighted by Gasteiger charge is -2.09. The van der Waals surface area contributed by atoms with Gasteiger partial charge in [0.15, 0.2) is 0 Å². The lowest BCUT2D eigenvalue weighted by Crippen LogP contribution is -2.15. The number of carbonyl (C=O) groups excluding carboxylic acids is 1. The number of esters is 1. The average molecular weight is 601 g/mol. The Morgan fingerprint density at radius 3 is 0.976 bits per heavy atom. The van der Waals surface area contributed by atoms with Crippen molar-refractivity contribution in [3.8, 4) is 0 Å². The molecule has 0 spiro atoms. The Bertz CT molecular complexity index is 552. The molecule has 0 aliphatic heterocycles. The minimum absolute atomic E-state index is 0.0619. The zero-order valence-corrected chi connectivity index (χ0v) is 24.7. The van der Waals surface area contributed by atoms with E-state index >= 15 is 0 Å². The number of rotatable bonds is 35. The number of hydrogen-bond acceptors (Lipinski definition) is 13. The first kappa shape index (κ1) is 39.5. The Kier molecular flexibility index (Phi) is 33.5. The van der Waals surface area contributed by atoms with Gasteiger partial charge in [0.1, 0.15) is 6.61 Å². The van der Waals surface area contributed by atoms with Gasteiger partial charge >= 0.3 is 11.9 Å². The SMILES string of the molecule is COCCOCCOCCOCCOCCOCCOCCOCCOCCOCCOC(=O)CCCCC(=O)O. The van der Waals surface area contributed by atoms with Crippen LogP contribution in [0.1, 0.15) is 25.7 Å². The number of unbranched alkanes of at least 4 members (excludes halogenated alkanes) is 1. The molecule has 0 aromatic heterocycles. The van der Waals surface area contributed by atoms with Gasteiger partial charge in [0, 0.05) is 20.0 Å². The molecule has 0 atom stereocenters. The van der Waals surface area contributed by atoms with Crippen LogP contribution in [0.15, 0.2) is 0 Å². The molecule has 0 fully saturated rings. The molecule has 0 radical (unpaired) electrons. The monoisotopic (exact) mass is 600 g/mol. The second kappa shape index (κ2) is 34.7. The molecule has 0 aliphatic rings. The fraction of sp³-hybridized carbons (Fsp3) is 0.926. The summed E-state index contributed by atoms with van der Waals surface area (Å²) in [5, 5.41) is 8.53. The highest BCUT2D eigenvalue weighted by molar-refractivity contribution is 5.69. The number of carbonyl (C=O) groups is 2. The van der Waals surface area contributed by atoms with Crippen LogP contribution in [0.25, 0.3) is 0 Å². The van der Waals surface area contributed by atoms with E-state index in [0.717, 1.165) is 0 Å². The minimum Gasteiger partial charge on any atom is -0.481 e. The summed E-state index contributed by atoms with van der Waals surface area (Å²) >= 11 is 0. The van der Waals surface area contributed by atoms with Gasteiger partial charge in [0.05, 0.1) is 126 Å². The van der Waals surface area contributed by atoms with E-state index < -0.39 is 5.97 Å². The molecular weight excluding hydrogens is 548 g/mol. The van der Waals surface area contributed by atoms with Crippen LogP contribution in [0, 0.1) is 0 Å². The van der Waals surface area contributed by atoms with Crippen molar-refractivity contribution in [2.75, 3.05) is 139 Å². The Morgan fingerprint density at radius 1 is 0.415 bits per heavy atom. The summed E-state index contributed by atoms with van der Waals surface area (Å²) in [5.74, 6) is -1.21. The summed E-state index contributed by atoms with van der Waals surface area (Å²) in [6.07, 6.45) is 1.24. The van der Waals surface area contributed by atoms with Crippen LogP contribution in [0.5, 0.6) is 0 Å². The first-order chi connectivity index (χ1) is 20.2. The first-order valence-corrected chi connectivity index (χ1v) is 14.2. The van der Waals surface area contributed by atoms with Crippen LogP contribution in [0.2, 0.25) is 0 Å². The van der Waals surface area contributed by atoms with Crippen LogP contribution in [0.3, 0.4) is 0 Å². The van der Waals surface area contributed by atoms with Crippen molar-refractivity contribution in [2.45, 2.75) is 25.7 Å². The van der Waals surface area contributed by atoms with E-state index in [9.17, 15) is 9.59 Å². The first-order valence-electron chi connectivity index (χ1n) is 14.2. The molecule has 14 nitrogen and oxygen atoms in total. The van der Waals surface area contributed by atoms with Crippen LogP contribution in [-0.2, 0) is 61.7 Å². The number of hydrogen-bond donors (Lipinski definition) is 1. The zero-order valence-electron chi connectivity index (χ0n) is 24.7. The van der Waals surface area contributed by atoms with Crippen molar-refractivity contribution >= 4 is 11.9 Å². The van der Waals surface area contributed by atoms with Crippen LogP contribution in [-0.4, -0.2) is 156 Å². The molecule has 0 rings (SSSR count). The smallest absolute Gasteiger partial charge is 0.305 e. The molecule has 14 heteroatoms. The molecule has 0 saturated heterocycles. The molecule has 1 N–H and O–H groups in total. The van der Waals surface area contributed by atoms with Gasteiger partial charge in [-0.3, -0.25) is 9.59 Å². The molecule has 244 valence electrons. The largest absolute Gasteiger partial charge is 0.481 e. The summed E-state index contributed by atoms with van der Waals surface area (Å²) in [6.45, 7) is 9.37. The maximum atomic E-state index is 11.5. The lowest BCUT2D eigenvalue weighted by molar-refractivity contribution is -0.146. The van der Waals surface area contributed by atoms with Gasteiger partial charge in [-0.2, -0.15) is 0 Å². The van der Waals surface area contributed by atoms with Crippen molar-refractivity contribution < 1.29 is 66.8 Å². The number of carboxylic acids is 1. The van der Waals surface area contributed by atoms with E-state index in [-0.39, 0.29) is 32.0 Å². The van der Waals surface area contributed by atoms with E-state index in [1.54, 1.807) is 7.11 Å². The second-order valence-corrected chi connectivity index (χ2v) is 8.33. The number of aliphatic carboxylic acids is 1. The van der Waals surface area contributed by atoms with Gasteiger partial charge in [0.2, 0.25) is 0 Å². The minimum atomic E-state index is -0.862. The Balaban J connectivity index is 3.09. The standard InChI is InChI=1S/C27H52O14/c1-31-6-7-32-8-9-33-10-11-34-12-13-35-14-15-36-16-17-37-18-19-38-20-21-39-22-23-40-24-25-41-27(30)5-3-2-4-26(28)29/h2-25H2,1H3,(H,28,29).